The summed E-state index contributed by atoms with van der Waals surface area (Å²) in [6, 6.07) is 0. The van der Waals surface area contributed by atoms with Crippen molar-refractivity contribution < 1.29 is 19.2 Å². The number of Topliss-reactive ketones (excluding diaryl/α,β-unsaturated/α-hetero) is 4. The van der Waals surface area contributed by atoms with Gasteiger partial charge in [0.2, 0.25) is 0 Å². The van der Waals surface area contributed by atoms with Gasteiger partial charge in [-0.3, -0.25) is 19.2 Å². The molecule has 152 valence electrons. The van der Waals surface area contributed by atoms with E-state index in [2.05, 4.69) is 0 Å². The van der Waals surface area contributed by atoms with E-state index >= 15 is 0 Å². The molecule has 0 bridgehead atoms. The zero-order chi connectivity index (χ0) is 21.7. The molecule has 0 aliphatic heterocycles. The Bertz CT molecular complexity index is 435. The van der Waals surface area contributed by atoms with E-state index < -0.39 is 21.7 Å². The SMILES string of the molecule is CC(C)(C)C(=O)CC(=O)C(C)(C)C.CC(C)(C)C(=O)CC(=O)C(C)(C)C.[Ca+2]. The predicted octanol–water partition coefficient (Wildman–Crippen LogP) is 4.83. The van der Waals surface area contributed by atoms with Gasteiger partial charge in [0.15, 0.2) is 0 Å². The summed E-state index contributed by atoms with van der Waals surface area (Å²) in [7, 11) is 0. The molecule has 0 amide bonds. The molecular weight excluding hydrogens is 368 g/mol. The number of carbonyl (C=O) groups is 4. The van der Waals surface area contributed by atoms with Crippen LogP contribution in [0.2, 0.25) is 0 Å². The van der Waals surface area contributed by atoms with Crippen LogP contribution in [0.3, 0.4) is 0 Å². The molecule has 0 saturated carbocycles. The molecule has 0 atom stereocenters. The van der Waals surface area contributed by atoms with E-state index in [4.69, 9.17) is 0 Å². The summed E-state index contributed by atoms with van der Waals surface area (Å²) in [5.41, 5.74) is -1.61. The van der Waals surface area contributed by atoms with Gasteiger partial charge in [0.05, 0.1) is 12.8 Å². The van der Waals surface area contributed by atoms with Gasteiger partial charge in [-0.15, -0.1) is 0 Å². The third kappa shape index (κ3) is 14.6. The fourth-order valence-electron chi connectivity index (χ4n) is 1.35. The van der Waals surface area contributed by atoms with E-state index in [9.17, 15) is 19.2 Å². The van der Waals surface area contributed by atoms with Gasteiger partial charge in [0.1, 0.15) is 23.1 Å². The van der Waals surface area contributed by atoms with Crippen molar-refractivity contribution in [2.45, 2.75) is 95.9 Å². The monoisotopic (exact) mass is 408 g/mol. The summed E-state index contributed by atoms with van der Waals surface area (Å²) in [6.45, 7) is 22.1. The first-order chi connectivity index (χ1) is 11.1. The van der Waals surface area contributed by atoms with Crippen LogP contribution < -0.4 is 0 Å². The first-order valence-electron chi connectivity index (χ1n) is 9.23. The van der Waals surface area contributed by atoms with Crippen molar-refractivity contribution >= 4 is 60.9 Å². The van der Waals surface area contributed by atoms with E-state index in [0.29, 0.717) is 0 Å². The summed E-state index contributed by atoms with van der Waals surface area (Å²) in [6.07, 6.45) is 0.125. The van der Waals surface area contributed by atoms with Crippen molar-refractivity contribution in [3.63, 3.8) is 0 Å². The van der Waals surface area contributed by atoms with Crippen molar-refractivity contribution in [2.75, 3.05) is 0 Å². The molecule has 0 heterocycles. The Balaban J connectivity index is -0.000000411. The van der Waals surface area contributed by atoms with Crippen LogP contribution in [0.4, 0.5) is 0 Å². The Hall–Kier alpha value is -0.0603. The maximum Gasteiger partial charge on any atom is 2.00 e. The topological polar surface area (TPSA) is 68.3 Å². The zero-order valence-electron chi connectivity index (χ0n) is 19.8. The molecular formula is C22H40CaO4+2. The molecule has 27 heavy (non-hydrogen) atoms. The van der Waals surface area contributed by atoms with Crippen molar-refractivity contribution in [3.8, 4) is 0 Å². The molecule has 0 rings (SSSR count). The molecule has 0 aliphatic carbocycles. The largest absolute Gasteiger partial charge is 2.00 e. The molecule has 0 spiro atoms. The molecule has 4 nitrogen and oxygen atoms in total. The van der Waals surface area contributed by atoms with E-state index in [0.717, 1.165) is 0 Å². The van der Waals surface area contributed by atoms with Gasteiger partial charge in [0, 0.05) is 21.7 Å². The quantitative estimate of drug-likeness (QED) is 0.493. The van der Waals surface area contributed by atoms with E-state index in [1.54, 1.807) is 0 Å². The number of carbonyl (C=O) groups excluding carboxylic acids is 4. The van der Waals surface area contributed by atoms with E-state index in [1.165, 1.54) is 0 Å². The molecule has 0 saturated heterocycles. The minimum atomic E-state index is -0.402. The molecule has 5 heteroatoms. The number of rotatable bonds is 4. The zero-order valence-corrected chi connectivity index (χ0v) is 22.0. The molecule has 0 radical (unpaired) electrons. The van der Waals surface area contributed by atoms with Crippen molar-refractivity contribution in [1.29, 1.82) is 0 Å². The number of hydrogen-bond donors (Lipinski definition) is 0. The van der Waals surface area contributed by atoms with E-state index in [-0.39, 0.29) is 73.7 Å². The standard InChI is InChI=1S/2C11H20O2.Ca/c2*1-10(2,3)8(12)7-9(13)11(4,5)6;/h2*7H2,1-6H3;/q;;+2. The van der Waals surface area contributed by atoms with E-state index in [1.807, 2.05) is 83.1 Å². The van der Waals surface area contributed by atoms with Crippen molar-refractivity contribution in [1.82, 2.24) is 0 Å². The second-order valence-corrected chi connectivity index (χ2v) is 11.0. The molecule has 0 fully saturated rings. The Kier molecular flexibility index (Phi) is 13.1. The van der Waals surface area contributed by atoms with Gasteiger partial charge < -0.3 is 0 Å². The number of hydrogen-bond acceptors (Lipinski definition) is 4. The second-order valence-electron chi connectivity index (χ2n) is 11.0. The maximum absolute atomic E-state index is 11.5. The van der Waals surface area contributed by atoms with Crippen molar-refractivity contribution in [3.05, 3.63) is 0 Å². The first kappa shape index (κ1) is 31.6. The van der Waals surface area contributed by atoms with Crippen LogP contribution in [-0.4, -0.2) is 60.9 Å². The smallest absolute Gasteiger partial charge is 0.299 e. The fraction of sp³-hybridized carbons (Fsp3) is 0.818. The van der Waals surface area contributed by atoms with Crippen LogP contribution in [0.25, 0.3) is 0 Å². The predicted molar refractivity (Wildman–Crippen MR) is 113 cm³/mol. The average molecular weight is 409 g/mol. The Morgan fingerprint density at radius 3 is 0.593 bits per heavy atom. The van der Waals surface area contributed by atoms with Gasteiger partial charge in [0.25, 0.3) is 0 Å². The molecule has 0 aromatic rings. The summed E-state index contributed by atoms with van der Waals surface area (Å²) in [4.78, 5) is 46.0. The summed E-state index contributed by atoms with van der Waals surface area (Å²) < 4.78 is 0. The van der Waals surface area contributed by atoms with Crippen LogP contribution in [-0.2, 0) is 19.2 Å². The fourth-order valence-corrected chi connectivity index (χ4v) is 1.35. The Labute approximate surface area is 196 Å². The van der Waals surface area contributed by atoms with Gasteiger partial charge in [-0.25, -0.2) is 0 Å². The molecule has 0 aliphatic rings. The second kappa shape index (κ2) is 11.2. The van der Waals surface area contributed by atoms with Gasteiger partial charge >= 0.3 is 37.7 Å². The molecule has 0 unspecified atom stereocenters. The van der Waals surface area contributed by atoms with Gasteiger partial charge in [-0.1, -0.05) is 83.1 Å². The van der Waals surface area contributed by atoms with Crippen molar-refractivity contribution in [2.24, 2.45) is 21.7 Å². The average Bonchev–Trinajstić information content (AvgIpc) is 2.34. The van der Waals surface area contributed by atoms with Gasteiger partial charge in [-0.2, -0.15) is 0 Å². The summed E-state index contributed by atoms with van der Waals surface area (Å²) >= 11 is 0. The van der Waals surface area contributed by atoms with Crippen LogP contribution >= 0.6 is 0 Å². The molecule has 0 aromatic heterocycles. The molecule has 0 N–H and O–H groups in total. The first-order valence-corrected chi connectivity index (χ1v) is 9.23. The molecule has 0 aromatic carbocycles. The minimum Gasteiger partial charge on any atom is -0.299 e. The van der Waals surface area contributed by atoms with Crippen LogP contribution in [0, 0.1) is 21.7 Å². The number of ketones is 4. The normalized spacial score (nSPS) is 12.3. The van der Waals surface area contributed by atoms with Crippen LogP contribution in [0.1, 0.15) is 95.9 Å². The third-order valence-corrected chi connectivity index (χ3v) is 3.99. The minimum absolute atomic E-state index is 0. The summed E-state index contributed by atoms with van der Waals surface area (Å²) in [5, 5.41) is 0. The van der Waals surface area contributed by atoms with Gasteiger partial charge in [-0.05, 0) is 0 Å². The summed E-state index contributed by atoms with van der Waals surface area (Å²) in [5.74, 6) is 0.0831. The van der Waals surface area contributed by atoms with Crippen LogP contribution in [0.15, 0.2) is 0 Å². The third-order valence-electron chi connectivity index (χ3n) is 3.99. The maximum atomic E-state index is 11.5. The Morgan fingerprint density at radius 1 is 0.407 bits per heavy atom. The Morgan fingerprint density at radius 2 is 0.519 bits per heavy atom. The van der Waals surface area contributed by atoms with Crippen LogP contribution in [0.5, 0.6) is 0 Å².